The topological polar surface area (TPSA) is 108 Å². The Bertz CT molecular complexity index is 901. The standard InChI is InChI=1S/C20H21N5O/c21-10-14(11-22)12-1-4-17(20(26)9-12)19-6-5-18(24-25-19)13-7-15-2-3-16(8-13)23-15/h1,4-7,9-11,15-16,21,23,26H,2-3,8,22H2/b14-11+,21-10?. The molecule has 2 aromatic rings. The van der Waals surface area contributed by atoms with E-state index in [-0.39, 0.29) is 5.75 Å². The lowest BCUT2D eigenvalue weighted by Gasteiger charge is -2.20. The quantitative estimate of drug-likeness (QED) is 0.636. The largest absolute Gasteiger partial charge is 0.507 e. The maximum Gasteiger partial charge on any atom is 0.125 e. The van der Waals surface area contributed by atoms with Gasteiger partial charge in [0.25, 0.3) is 0 Å². The van der Waals surface area contributed by atoms with E-state index in [2.05, 4.69) is 21.6 Å². The van der Waals surface area contributed by atoms with Crippen molar-refractivity contribution in [2.45, 2.75) is 31.3 Å². The number of benzene rings is 1. The summed E-state index contributed by atoms with van der Waals surface area (Å²) in [5, 5.41) is 30.0. The highest BCUT2D eigenvalue weighted by molar-refractivity contribution is 6.08. The van der Waals surface area contributed by atoms with Gasteiger partial charge in [0.2, 0.25) is 0 Å². The summed E-state index contributed by atoms with van der Waals surface area (Å²) in [5.41, 5.74) is 10.1. The first-order valence-electron chi connectivity index (χ1n) is 8.75. The molecule has 6 heteroatoms. The second-order valence-corrected chi connectivity index (χ2v) is 6.75. The fourth-order valence-corrected chi connectivity index (χ4v) is 3.71. The van der Waals surface area contributed by atoms with Gasteiger partial charge < -0.3 is 21.6 Å². The number of fused-ring (bicyclic) bond motifs is 2. The van der Waals surface area contributed by atoms with Gasteiger partial charge in [0.1, 0.15) is 5.75 Å². The molecule has 2 aliphatic rings. The molecule has 0 spiro atoms. The molecule has 1 saturated heterocycles. The highest BCUT2D eigenvalue weighted by Crippen LogP contribution is 2.33. The van der Waals surface area contributed by atoms with Gasteiger partial charge in [0.15, 0.2) is 0 Å². The molecule has 0 saturated carbocycles. The number of hydrogen-bond donors (Lipinski definition) is 4. The Hall–Kier alpha value is -2.99. The molecule has 1 fully saturated rings. The fourth-order valence-electron chi connectivity index (χ4n) is 3.71. The van der Waals surface area contributed by atoms with Gasteiger partial charge in [-0.15, -0.1) is 5.10 Å². The van der Waals surface area contributed by atoms with E-state index in [0.29, 0.717) is 34.5 Å². The summed E-state index contributed by atoms with van der Waals surface area (Å²) >= 11 is 0. The molecule has 2 atom stereocenters. The Morgan fingerprint density at radius 1 is 1.19 bits per heavy atom. The predicted octanol–water partition coefficient (Wildman–Crippen LogP) is 2.71. The monoisotopic (exact) mass is 347 g/mol. The average molecular weight is 347 g/mol. The first-order chi connectivity index (χ1) is 12.7. The number of nitrogens with zero attached hydrogens (tertiary/aromatic N) is 2. The summed E-state index contributed by atoms with van der Waals surface area (Å²) in [6, 6.07) is 10.0. The van der Waals surface area contributed by atoms with Crippen molar-refractivity contribution in [2.24, 2.45) is 5.73 Å². The summed E-state index contributed by atoms with van der Waals surface area (Å²) in [4.78, 5) is 0. The van der Waals surface area contributed by atoms with Crippen molar-refractivity contribution in [2.75, 3.05) is 0 Å². The van der Waals surface area contributed by atoms with Gasteiger partial charge in [-0.1, -0.05) is 12.1 Å². The molecular formula is C20H21N5O. The van der Waals surface area contributed by atoms with E-state index in [0.717, 1.165) is 18.3 Å². The number of phenols is 1. The van der Waals surface area contributed by atoms with Crippen LogP contribution in [0, 0.1) is 5.41 Å². The third-order valence-electron chi connectivity index (χ3n) is 5.08. The van der Waals surface area contributed by atoms with Crippen LogP contribution in [0.5, 0.6) is 5.75 Å². The smallest absolute Gasteiger partial charge is 0.125 e. The number of nitrogens with two attached hydrogens (primary N) is 1. The van der Waals surface area contributed by atoms with Crippen LogP contribution in [-0.2, 0) is 0 Å². The van der Waals surface area contributed by atoms with Crippen molar-refractivity contribution in [1.82, 2.24) is 15.5 Å². The second-order valence-electron chi connectivity index (χ2n) is 6.75. The molecule has 4 rings (SSSR count). The fraction of sp³-hybridized carbons (Fsp3) is 0.250. The lowest BCUT2D eigenvalue weighted by Crippen LogP contribution is -2.32. The van der Waals surface area contributed by atoms with Crippen LogP contribution in [0.25, 0.3) is 22.4 Å². The van der Waals surface area contributed by atoms with E-state index in [1.807, 2.05) is 12.1 Å². The van der Waals surface area contributed by atoms with E-state index in [4.69, 9.17) is 11.1 Å². The van der Waals surface area contributed by atoms with Crippen LogP contribution in [0.4, 0.5) is 0 Å². The van der Waals surface area contributed by atoms with Gasteiger partial charge >= 0.3 is 0 Å². The molecule has 3 heterocycles. The van der Waals surface area contributed by atoms with Crippen LogP contribution in [0.2, 0.25) is 0 Å². The summed E-state index contributed by atoms with van der Waals surface area (Å²) in [6.07, 6.45) is 8.15. The van der Waals surface area contributed by atoms with Crippen molar-refractivity contribution in [1.29, 1.82) is 5.41 Å². The van der Waals surface area contributed by atoms with Gasteiger partial charge in [-0.2, -0.15) is 5.10 Å². The zero-order chi connectivity index (χ0) is 18.1. The molecule has 26 heavy (non-hydrogen) atoms. The molecule has 1 aromatic carbocycles. The number of aromatic hydroxyl groups is 1. The second kappa shape index (κ2) is 6.72. The summed E-state index contributed by atoms with van der Waals surface area (Å²) in [7, 11) is 0. The zero-order valence-corrected chi connectivity index (χ0v) is 14.3. The summed E-state index contributed by atoms with van der Waals surface area (Å²) < 4.78 is 0. The van der Waals surface area contributed by atoms with E-state index >= 15 is 0 Å². The van der Waals surface area contributed by atoms with Crippen molar-refractivity contribution in [3.8, 4) is 17.0 Å². The minimum atomic E-state index is 0.0878. The van der Waals surface area contributed by atoms with E-state index in [9.17, 15) is 5.11 Å². The number of phenolic OH excluding ortho intramolecular Hbond substituents is 1. The Labute approximate surface area is 152 Å². The molecule has 132 valence electrons. The van der Waals surface area contributed by atoms with Crippen molar-refractivity contribution < 1.29 is 5.11 Å². The first-order valence-corrected chi connectivity index (χ1v) is 8.75. The number of nitrogens with one attached hydrogen (secondary N) is 2. The molecule has 0 radical (unpaired) electrons. The van der Waals surface area contributed by atoms with Crippen LogP contribution in [-0.4, -0.2) is 33.6 Å². The predicted molar refractivity (Wildman–Crippen MR) is 103 cm³/mol. The maximum absolute atomic E-state index is 10.3. The molecular weight excluding hydrogens is 326 g/mol. The molecule has 0 aliphatic carbocycles. The summed E-state index contributed by atoms with van der Waals surface area (Å²) in [5.74, 6) is 0.0878. The lowest BCUT2D eigenvalue weighted by molar-refractivity contribution is 0.477. The van der Waals surface area contributed by atoms with Crippen LogP contribution in [0.3, 0.4) is 0 Å². The third-order valence-corrected chi connectivity index (χ3v) is 5.08. The number of aromatic nitrogens is 2. The minimum Gasteiger partial charge on any atom is -0.507 e. The molecule has 0 amide bonds. The van der Waals surface area contributed by atoms with Crippen LogP contribution in [0.1, 0.15) is 30.5 Å². The Balaban J connectivity index is 1.60. The van der Waals surface area contributed by atoms with E-state index < -0.39 is 0 Å². The van der Waals surface area contributed by atoms with Crippen molar-refractivity contribution >= 4 is 17.4 Å². The van der Waals surface area contributed by atoms with Crippen LogP contribution >= 0.6 is 0 Å². The molecule has 5 N–H and O–H groups in total. The van der Waals surface area contributed by atoms with E-state index in [1.54, 1.807) is 18.2 Å². The SMILES string of the molecule is N=C/C(=C\N)c1ccc(-c2ccc(C3=CC4CCC(C3)N4)nn2)c(O)c1. The normalized spacial score (nSPS) is 22.2. The van der Waals surface area contributed by atoms with Crippen LogP contribution < -0.4 is 11.1 Å². The molecule has 6 nitrogen and oxygen atoms in total. The number of allylic oxidation sites excluding steroid dienone is 1. The van der Waals surface area contributed by atoms with Gasteiger partial charge in [0.05, 0.1) is 11.4 Å². The lowest BCUT2D eigenvalue weighted by atomic mass is 9.99. The van der Waals surface area contributed by atoms with Gasteiger partial charge in [0, 0.05) is 35.6 Å². The molecule has 2 bridgehead atoms. The maximum atomic E-state index is 10.3. The average Bonchev–Trinajstić information content (AvgIpc) is 3.01. The summed E-state index contributed by atoms with van der Waals surface area (Å²) in [6.45, 7) is 0. The third kappa shape index (κ3) is 2.99. The number of rotatable bonds is 4. The first kappa shape index (κ1) is 16.5. The Morgan fingerprint density at radius 2 is 2.00 bits per heavy atom. The molecule has 1 aromatic heterocycles. The highest BCUT2D eigenvalue weighted by Gasteiger charge is 2.28. The van der Waals surface area contributed by atoms with Gasteiger partial charge in [-0.3, -0.25) is 0 Å². The van der Waals surface area contributed by atoms with Crippen molar-refractivity contribution in [3.05, 3.63) is 53.9 Å². The zero-order valence-electron chi connectivity index (χ0n) is 14.3. The molecule has 2 aliphatic heterocycles. The highest BCUT2D eigenvalue weighted by atomic mass is 16.3. The van der Waals surface area contributed by atoms with Gasteiger partial charge in [-0.25, -0.2) is 0 Å². The Morgan fingerprint density at radius 3 is 2.65 bits per heavy atom. The minimum absolute atomic E-state index is 0.0878. The Kier molecular flexibility index (Phi) is 4.26. The van der Waals surface area contributed by atoms with E-state index in [1.165, 1.54) is 24.6 Å². The number of hydrogen-bond acceptors (Lipinski definition) is 6. The van der Waals surface area contributed by atoms with Crippen LogP contribution in [0.15, 0.2) is 42.6 Å². The van der Waals surface area contributed by atoms with Crippen molar-refractivity contribution in [3.63, 3.8) is 0 Å². The molecule has 2 unspecified atom stereocenters. The van der Waals surface area contributed by atoms with Gasteiger partial charge in [-0.05, 0) is 54.7 Å².